The van der Waals surface area contributed by atoms with Gasteiger partial charge in [0.05, 0.1) is 24.0 Å². The molecule has 1 aliphatic heterocycles. The molecule has 0 radical (unpaired) electrons. The van der Waals surface area contributed by atoms with Gasteiger partial charge in [0.15, 0.2) is 11.5 Å². The van der Waals surface area contributed by atoms with Gasteiger partial charge in [-0.1, -0.05) is 23.8 Å². The maximum absolute atomic E-state index is 13.0. The highest BCUT2D eigenvalue weighted by Crippen LogP contribution is 2.29. The Morgan fingerprint density at radius 1 is 1.16 bits per heavy atom. The smallest absolute Gasteiger partial charge is 0.243 e. The minimum Gasteiger partial charge on any atom is -0.493 e. The van der Waals surface area contributed by atoms with E-state index < -0.39 is 10.0 Å². The fourth-order valence-electron chi connectivity index (χ4n) is 3.74. The summed E-state index contributed by atoms with van der Waals surface area (Å²) >= 11 is 0. The Bertz CT molecular complexity index is 1030. The second-order valence-corrected chi connectivity index (χ2v) is 10.3. The molecule has 174 valence electrons. The van der Waals surface area contributed by atoms with E-state index in [4.69, 9.17) is 9.47 Å². The maximum atomic E-state index is 13.0. The van der Waals surface area contributed by atoms with E-state index >= 15 is 0 Å². The number of piperidine rings is 1. The zero-order valence-electron chi connectivity index (χ0n) is 19.1. The highest BCUT2D eigenvalue weighted by atomic mass is 32.2. The average Bonchev–Trinajstić information content (AvgIpc) is 2.78. The van der Waals surface area contributed by atoms with Gasteiger partial charge in [0.25, 0.3) is 0 Å². The lowest BCUT2D eigenvalue weighted by Gasteiger charge is -2.31. The molecule has 0 spiro atoms. The van der Waals surface area contributed by atoms with Crippen LogP contribution < -0.4 is 14.8 Å². The molecule has 8 heteroatoms. The number of aryl methyl sites for hydroxylation is 1. The third-order valence-electron chi connectivity index (χ3n) is 5.47. The summed E-state index contributed by atoms with van der Waals surface area (Å²) in [5.74, 6) is 0.741. The third kappa shape index (κ3) is 5.81. The molecule has 1 saturated heterocycles. The zero-order valence-corrected chi connectivity index (χ0v) is 19.9. The van der Waals surface area contributed by atoms with Crippen LogP contribution in [0.25, 0.3) is 0 Å². The SMILES string of the molecule is COc1cc(CNC(=O)C2CCCN(S(=O)(=O)c3ccc(C)cc3)C2)ccc1OC(C)C. The van der Waals surface area contributed by atoms with E-state index in [1.54, 1.807) is 31.4 Å². The van der Waals surface area contributed by atoms with Gasteiger partial charge in [-0.15, -0.1) is 0 Å². The molecule has 1 heterocycles. The van der Waals surface area contributed by atoms with Crippen molar-refractivity contribution in [1.29, 1.82) is 0 Å². The van der Waals surface area contributed by atoms with Crippen molar-refractivity contribution in [1.82, 2.24) is 9.62 Å². The molecule has 0 aliphatic carbocycles. The molecule has 0 bridgehead atoms. The molecule has 1 N–H and O–H groups in total. The highest BCUT2D eigenvalue weighted by Gasteiger charge is 2.33. The number of hydrogen-bond acceptors (Lipinski definition) is 5. The Morgan fingerprint density at radius 3 is 2.53 bits per heavy atom. The number of carbonyl (C=O) groups excluding carboxylic acids is 1. The van der Waals surface area contributed by atoms with Crippen LogP contribution in [0.5, 0.6) is 11.5 Å². The van der Waals surface area contributed by atoms with Crippen LogP contribution in [0.2, 0.25) is 0 Å². The zero-order chi connectivity index (χ0) is 23.3. The van der Waals surface area contributed by atoms with Gasteiger partial charge in [0.2, 0.25) is 15.9 Å². The Morgan fingerprint density at radius 2 is 1.88 bits per heavy atom. The molecular formula is C24H32N2O5S. The van der Waals surface area contributed by atoms with Crippen molar-refractivity contribution >= 4 is 15.9 Å². The van der Waals surface area contributed by atoms with Crippen LogP contribution in [0.4, 0.5) is 0 Å². The molecule has 1 atom stereocenters. The van der Waals surface area contributed by atoms with Crippen LogP contribution in [0.3, 0.4) is 0 Å². The number of hydrogen-bond donors (Lipinski definition) is 1. The van der Waals surface area contributed by atoms with Gasteiger partial charge in [0, 0.05) is 19.6 Å². The quantitative estimate of drug-likeness (QED) is 0.652. The number of amides is 1. The highest BCUT2D eigenvalue weighted by molar-refractivity contribution is 7.89. The van der Waals surface area contributed by atoms with E-state index in [1.165, 1.54) is 4.31 Å². The molecule has 2 aromatic carbocycles. The van der Waals surface area contributed by atoms with Gasteiger partial charge in [-0.25, -0.2) is 8.42 Å². The van der Waals surface area contributed by atoms with E-state index in [0.717, 1.165) is 11.1 Å². The first-order chi connectivity index (χ1) is 15.2. The van der Waals surface area contributed by atoms with E-state index in [2.05, 4.69) is 5.32 Å². The molecule has 1 amide bonds. The second-order valence-electron chi connectivity index (χ2n) is 8.38. The summed E-state index contributed by atoms with van der Waals surface area (Å²) in [4.78, 5) is 13.1. The third-order valence-corrected chi connectivity index (χ3v) is 7.35. The molecule has 1 fully saturated rings. The van der Waals surface area contributed by atoms with Crippen LogP contribution in [0, 0.1) is 12.8 Å². The second kappa shape index (κ2) is 10.4. The molecule has 2 aromatic rings. The summed E-state index contributed by atoms with van der Waals surface area (Å²) < 4.78 is 38.5. The van der Waals surface area contributed by atoms with Gasteiger partial charge < -0.3 is 14.8 Å². The predicted molar refractivity (Wildman–Crippen MR) is 123 cm³/mol. The van der Waals surface area contributed by atoms with Crippen LogP contribution in [0.15, 0.2) is 47.4 Å². The fourth-order valence-corrected chi connectivity index (χ4v) is 5.26. The maximum Gasteiger partial charge on any atom is 0.243 e. The van der Waals surface area contributed by atoms with Gasteiger partial charge in [-0.3, -0.25) is 4.79 Å². The lowest BCUT2D eigenvalue weighted by atomic mass is 9.98. The fraction of sp³-hybridized carbons (Fsp3) is 0.458. The van der Waals surface area contributed by atoms with Gasteiger partial charge in [-0.05, 0) is 63.4 Å². The van der Waals surface area contributed by atoms with Gasteiger partial charge in [-0.2, -0.15) is 4.31 Å². The molecule has 7 nitrogen and oxygen atoms in total. The minimum absolute atomic E-state index is 0.0277. The number of nitrogens with one attached hydrogen (secondary N) is 1. The van der Waals surface area contributed by atoms with Crippen molar-refractivity contribution in [2.45, 2.75) is 51.2 Å². The topological polar surface area (TPSA) is 84.9 Å². The number of carbonyl (C=O) groups is 1. The van der Waals surface area contributed by atoms with Crippen LogP contribution in [-0.2, 0) is 21.4 Å². The number of methoxy groups -OCH3 is 1. The van der Waals surface area contributed by atoms with E-state index in [9.17, 15) is 13.2 Å². The Labute approximate surface area is 190 Å². The van der Waals surface area contributed by atoms with E-state index in [1.807, 2.05) is 39.0 Å². The summed E-state index contributed by atoms with van der Waals surface area (Å²) in [5, 5.41) is 2.94. The average molecular weight is 461 g/mol. The molecule has 1 aliphatic rings. The van der Waals surface area contributed by atoms with Crippen LogP contribution in [-0.4, -0.2) is 44.9 Å². The number of rotatable bonds is 8. The predicted octanol–water partition coefficient (Wildman–Crippen LogP) is 3.51. The van der Waals surface area contributed by atoms with Gasteiger partial charge >= 0.3 is 0 Å². The number of benzene rings is 2. The standard InChI is InChI=1S/C24H32N2O5S/c1-17(2)31-22-12-9-19(14-23(22)30-4)15-25-24(27)20-6-5-13-26(16-20)32(28,29)21-10-7-18(3)8-11-21/h7-12,14,17,20H,5-6,13,15-16H2,1-4H3,(H,25,27). The minimum atomic E-state index is -3.61. The Hall–Kier alpha value is -2.58. The summed E-state index contributed by atoms with van der Waals surface area (Å²) in [6.45, 7) is 6.75. The summed E-state index contributed by atoms with van der Waals surface area (Å²) in [6, 6.07) is 12.4. The van der Waals surface area contributed by atoms with Crippen molar-refractivity contribution in [3.8, 4) is 11.5 Å². The summed E-state index contributed by atoms with van der Waals surface area (Å²) in [7, 11) is -2.03. The van der Waals surface area contributed by atoms with Crippen molar-refractivity contribution in [3.05, 3.63) is 53.6 Å². The first-order valence-electron chi connectivity index (χ1n) is 10.9. The van der Waals surface area contributed by atoms with E-state index in [0.29, 0.717) is 37.4 Å². The van der Waals surface area contributed by atoms with Crippen molar-refractivity contribution in [2.75, 3.05) is 20.2 Å². The van der Waals surface area contributed by atoms with Crippen molar-refractivity contribution < 1.29 is 22.7 Å². The number of ether oxygens (including phenoxy) is 2. The molecule has 0 saturated carbocycles. The Balaban J connectivity index is 1.62. The first kappa shape index (κ1) is 24.1. The van der Waals surface area contributed by atoms with Crippen molar-refractivity contribution in [2.24, 2.45) is 5.92 Å². The lowest BCUT2D eigenvalue weighted by molar-refractivity contribution is -0.126. The van der Waals surface area contributed by atoms with Crippen LogP contribution in [0.1, 0.15) is 37.8 Å². The summed E-state index contributed by atoms with van der Waals surface area (Å²) in [5.41, 5.74) is 1.88. The Kier molecular flexibility index (Phi) is 7.79. The number of nitrogens with zero attached hydrogens (tertiary/aromatic N) is 1. The lowest BCUT2D eigenvalue weighted by Crippen LogP contribution is -2.45. The van der Waals surface area contributed by atoms with Gasteiger partial charge in [0.1, 0.15) is 0 Å². The van der Waals surface area contributed by atoms with Crippen molar-refractivity contribution in [3.63, 3.8) is 0 Å². The molecule has 3 rings (SSSR count). The molecular weight excluding hydrogens is 428 g/mol. The van der Waals surface area contributed by atoms with Crippen LogP contribution >= 0.6 is 0 Å². The summed E-state index contributed by atoms with van der Waals surface area (Å²) in [6.07, 6.45) is 1.34. The monoisotopic (exact) mass is 460 g/mol. The normalized spacial score (nSPS) is 17.2. The van der Waals surface area contributed by atoms with E-state index in [-0.39, 0.29) is 29.4 Å². The molecule has 1 unspecified atom stereocenters. The molecule has 0 aromatic heterocycles. The number of sulfonamides is 1. The largest absolute Gasteiger partial charge is 0.493 e. The first-order valence-corrected chi connectivity index (χ1v) is 12.3. The molecule has 32 heavy (non-hydrogen) atoms.